The Morgan fingerprint density at radius 3 is 2.82 bits per heavy atom. The van der Waals surface area contributed by atoms with Gasteiger partial charge in [-0.25, -0.2) is 14.4 Å². The first-order valence-electron chi connectivity index (χ1n) is 12.9. The molecule has 3 atom stereocenters. The number of nitrogens with zero attached hydrogens (tertiary/aromatic N) is 4. The third kappa shape index (κ3) is 5.31. The van der Waals surface area contributed by atoms with Gasteiger partial charge in [0.05, 0.1) is 35.9 Å². The van der Waals surface area contributed by atoms with Crippen LogP contribution in [0.15, 0.2) is 36.7 Å². The van der Waals surface area contributed by atoms with Crippen molar-refractivity contribution in [2.24, 2.45) is 0 Å². The van der Waals surface area contributed by atoms with Gasteiger partial charge in [-0.1, -0.05) is 17.7 Å². The standard InChI is InChI=1S/C27H29ClFN5O5/c1-36-21-9-20-17(27(31-14-30-20)32-19-6-2-5-18(28)26(19)29)8-22(21)37-13-16-4-3-7-34(16)25(35)12-33-10-23-24(11-33)39-15-38-23/h2,5-6,8-9,14,16,23-24H,3-4,7,10-13,15H2,1H3,(H,30,31,32)/t16-,23?,24?/m0/s1. The van der Waals surface area contributed by atoms with Crippen molar-refractivity contribution in [3.05, 3.63) is 47.5 Å². The molecule has 1 aromatic heterocycles. The van der Waals surface area contributed by atoms with Gasteiger partial charge < -0.3 is 29.2 Å². The summed E-state index contributed by atoms with van der Waals surface area (Å²) in [6.45, 7) is 3.09. The van der Waals surface area contributed by atoms with E-state index in [0.29, 0.717) is 67.8 Å². The Bertz CT molecular complexity index is 1370. The number of hydrogen-bond acceptors (Lipinski definition) is 9. The van der Waals surface area contributed by atoms with Crippen LogP contribution in [-0.2, 0) is 14.3 Å². The number of methoxy groups -OCH3 is 1. The fourth-order valence-corrected chi connectivity index (χ4v) is 5.63. The van der Waals surface area contributed by atoms with Gasteiger partial charge in [-0.3, -0.25) is 9.69 Å². The van der Waals surface area contributed by atoms with E-state index in [-0.39, 0.29) is 34.9 Å². The molecular formula is C27H29ClFN5O5. The molecule has 206 valence electrons. The molecule has 2 aromatic carbocycles. The van der Waals surface area contributed by atoms with Crippen LogP contribution in [0.2, 0.25) is 5.02 Å². The number of amides is 1. The summed E-state index contributed by atoms with van der Waals surface area (Å²) in [5, 5.41) is 3.64. The molecule has 3 aliphatic heterocycles. The van der Waals surface area contributed by atoms with Crippen LogP contribution in [0.5, 0.6) is 11.5 Å². The van der Waals surface area contributed by atoms with Gasteiger partial charge in [0.15, 0.2) is 17.3 Å². The molecule has 3 aliphatic rings. The van der Waals surface area contributed by atoms with Gasteiger partial charge in [0.1, 0.15) is 37.8 Å². The van der Waals surface area contributed by atoms with Crippen molar-refractivity contribution < 1.29 is 28.1 Å². The summed E-state index contributed by atoms with van der Waals surface area (Å²) in [6.07, 6.45) is 3.26. The second kappa shape index (κ2) is 11.1. The van der Waals surface area contributed by atoms with E-state index in [2.05, 4.69) is 20.2 Å². The first-order chi connectivity index (χ1) is 19.0. The Labute approximate surface area is 229 Å². The molecular weight excluding hydrogens is 529 g/mol. The van der Waals surface area contributed by atoms with Gasteiger partial charge >= 0.3 is 0 Å². The fourth-order valence-electron chi connectivity index (χ4n) is 5.45. The summed E-state index contributed by atoms with van der Waals surface area (Å²) in [7, 11) is 1.56. The maximum Gasteiger partial charge on any atom is 0.237 e. The zero-order chi connectivity index (χ0) is 26.9. The lowest BCUT2D eigenvalue weighted by atomic mass is 10.2. The number of halogens is 2. The van der Waals surface area contributed by atoms with E-state index in [4.69, 9.17) is 30.5 Å². The minimum absolute atomic E-state index is 0.00831. The average molecular weight is 558 g/mol. The number of fused-ring (bicyclic) bond motifs is 2. The number of hydrogen-bond donors (Lipinski definition) is 1. The molecule has 0 aliphatic carbocycles. The van der Waals surface area contributed by atoms with Crippen LogP contribution in [0.4, 0.5) is 15.9 Å². The summed E-state index contributed by atoms with van der Waals surface area (Å²) < 4.78 is 37.5. The van der Waals surface area contributed by atoms with Crippen LogP contribution in [0.25, 0.3) is 10.9 Å². The highest BCUT2D eigenvalue weighted by Crippen LogP contribution is 2.36. The Morgan fingerprint density at radius 2 is 2.03 bits per heavy atom. The minimum Gasteiger partial charge on any atom is -0.493 e. The first kappa shape index (κ1) is 26.0. The second-order valence-corrected chi connectivity index (χ2v) is 10.3. The average Bonchev–Trinajstić information content (AvgIpc) is 3.67. The maximum atomic E-state index is 14.5. The van der Waals surface area contributed by atoms with Gasteiger partial charge in [0, 0.05) is 31.1 Å². The molecule has 39 heavy (non-hydrogen) atoms. The second-order valence-electron chi connectivity index (χ2n) is 9.89. The normalized spacial score (nSPS) is 22.8. The Balaban J connectivity index is 1.17. The molecule has 2 unspecified atom stereocenters. The molecule has 1 amide bonds. The highest BCUT2D eigenvalue weighted by molar-refractivity contribution is 6.31. The van der Waals surface area contributed by atoms with Crippen LogP contribution >= 0.6 is 11.6 Å². The smallest absolute Gasteiger partial charge is 0.237 e. The molecule has 0 radical (unpaired) electrons. The molecule has 12 heteroatoms. The number of carbonyl (C=O) groups excluding carboxylic acids is 1. The Morgan fingerprint density at radius 1 is 1.21 bits per heavy atom. The largest absolute Gasteiger partial charge is 0.493 e. The van der Waals surface area contributed by atoms with E-state index >= 15 is 0 Å². The van der Waals surface area contributed by atoms with E-state index in [1.807, 2.05) is 4.90 Å². The highest BCUT2D eigenvalue weighted by atomic mass is 35.5. The van der Waals surface area contributed by atoms with Crippen LogP contribution in [-0.4, -0.2) is 90.6 Å². The predicted octanol–water partition coefficient (Wildman–Crippen LogP) is 3.60. The lowest BCUT2D eigenvalue weighted by Gasteiger charge is -2.27. The van der Waals surface area contributed by atoms with Crippen molar-refractivity contribution in [2.75, 3.05) is 52.0 Å². The predicted molar refractivity (Wildman–Crippen MR) is 142 cm³/mol. The lowest BCUT2D eigenvalue weighted by molar-refractivity contribution is -0.133. The van der Waals surface area contributed by atoms with Crippen molar-refractivity contribution in [3.63, 3.8) is 0 Å². The minimum atomic E-state index is -0.570. The van der Waals surface area contributed by atoms with E-state index in [0.717, 1.165) is 12.8 Å². The Kier molecular flexibility index (Phi) is 7.39. The molecule has 6 rings (SSSR count). The first-order valence-corrected chi connectivity index (χ1v) is 13.3. The zero-order valence-corrected chi connectivity index (χ0v) is 22.2. The van der Waals surface area contributed by atoms with Crippen molar-refractivity contribution in [1.82, 2.24) is 19.8 Å². The highest BCUT2D eigenvalue weighted by Gasteiger charge is 2.40. The van der Waals surface area contributed by atoms with Crippen LogP contribution in [0.3, 0.4) is 0 Å². The third-order valence-corrected chi connectivity index (χ3v) is 7.76. The lowest BCUT2D eigenvalue weighted by Crippen LogP contribution is -2.44. The summed E-state index contributed by atoms with van der Waals surface area (Å²) in [6, 6.07) is 8.17. The summed E-state index contributed by atoms with van der Waals surface area (Å²) >= 11 is 5.94. The van der Waals surface area contributed by atoms with E-state index < -0.39 is 5.82 Å². The van der Waals surface area contributed by atoms with Gasteiger partial charge in [-0.05, 0) is 31.0 Å². The summed E-state index contributed by atoms with van der Waals surface area (Å²) in [4.78, 5) is 25.8. The zero-order valence-electron chi connectivity index (χ0n) is 21.4. The van der Waals surface area contributed by atoms with Crippen molar-refractivity contribution in [2.45, 2.75) is 31.1 Å². The molecule has 0 saturated carbocycles. The maximum absolute atomic E-state index is 14.5. The number of carbonyl (C=O) groups is 1. The van der Waals surface area contributed by atoms with E-state index in [9.17, 15) is 9.18 Å². The molecule has 0 bridgehead atoms. The number of benzene rings is 2. The molecule has 3 saturated heterocycles. The van der Waals surface area contributed by atoms with Gasteiger partial charge in [0.2, 0.25) is 5.91 Å². The molecule has 4 heterocycles. The fraction of sp³-hybridized carbons (Fsp3) is 0.444. The SMILES string of the molecule is COc1cc2ncnc(Nc3cccc(Cl)c3F)c2cc1OC[C@@H]1CCCN1C(=O)CN1CC2OCOC2C1. The summed E-state index contributed by atoms with van der Waals surface area (Å²) in [5.74, 6) is 0.889. The quantitative estimate of drug-likeness (QED) is 0.445. The third-order valence-electron chi connectivity index (χ3n) is 7.47. The molecule has 1 N–H and O–H groups in total. The van der Waals surface area contributed by atoms with Crippen molar-refractivity contribution in [3.8, 4) is 11.5 Å². The number of aromatic nitrogens is 2. The molecule has 3 aromatic rings. The number of nitrogens with one attached hydrogen (secondary N) is 1. The van der Waals surface area contributed by atoms with Gasteiger partial charge in [0.25, 0.3) is 0 Å². The van der Waals surface area contributed by atoms with E-state index in [1.54, 1.807) is 31.4 Å². The monoisotopic (exact) mass is 557 g/mol. The topological polar surface area (TPSA) is 98.3 Å². The van der Waals surface area contributed by atoms with Gasteiger partial charge in [-0.2, -0.15) is 0 Å². The summed E-state index contributed by atoms with van der Waals surface area (Å²) in [5.41, 5.74) is 0.792. The van der Waals surface area contributed by atoms with Crippen LogP contribution in [0, 0.1) is 5.82 Å². The molecule has 10 nitrogen and oxygen atoms in total. The van der Waals surface area contributed by atoms with Crippen molar-refractivity contribution >= 4 is 39.9 Å². The van der Waals surface area contributed by atoms with Crippen LogP contribution in [0.1, 0.15) is 12.8 Å². The Hall–Kier alpha value is -3.25. The van der Waals surface area contributed by atoms with Crippen molar-refractivity contribution in [1.29, 1.82) is 0 Å². The van der Waals surface area contributed by atoms with Gasteiger partial charge in [-0.15, -0.1) is 0 Å². The molecule has 0 spiro atoms. The number of anilines is 2. The molecule has 3 fully saturated rings. The number of rotatable bonds is 8. The number of likely N-dealkylation sites (tertiary alicyclic amines) is 2. The number of ether oxygens (including phenoxy) is 4. The van der Waals surface area contributed by atoms with E-state index in [1.165, 1.54) is 12.4 Å². The van der Waals surface area contributed by atoms with Crippen LogP contribution < -0.4 is 14.8 Å².